The van der Waals surface area contributed by atoms with E-state index in [0.717, 1.165) is 28.0 Å². The quantitative estimate of drug-likeness (QED) is 0.288. The van der Waals surface area contributed by atoms with E-state index >= 15 is 0 Å². The number of allylic oxidation sites excluding steroid dienone is 1. The average molecular weight is 592 g/mol. The number of halogens is 3. The molecule has 0 aliphatic carbocycles. The number of benzene rings is 2. The normalized spacial score (nSPS) is 15.9. The first kappa shape index (κ1) is 30.1. The molecular formula is C30H33Cl3N2O2S. The molecule has 0 saturated carbocycles. The number of nitrogens with two attached hydrogens (primary N) is 1. The van der Waals surface area contributed by atoms with Gasteiger partial charge in [0.15, 0.2) is 0 Å². The Hall–Kier alpha value is -2.44. The highest BCUT2D eigenvalue weighted by Gasteiger charge is 2.24. The second kappa shape index (κ2) is 12.2. The molecule has 1 heterocycles. The van der Waals surface area contributed by atoms with Gasteiger partial charge in [-0.3, -0.25) is 4.21 Å². The fourth-order valence-corrected chi connectivity index (χ4v) is 6.96. The van der Waals surface area contributed by atoms with E-state index in [2.05, 4.69) is 50.3 Å². The fourth-order valence-electron chi connectivity index (χ4n) is 4.12. The van der Waals surface area contributed by atoms with Gasteiger partial charge in [-0.05, 0) is 59.0 Å². The Bertz CT molecular complexity index is 1620. The minimum absolute atomic E-state index is 0.0116. The molecule has 2 N–H and O–H groups in total. The molecule has 0 aliphatic heterocycles. The van der Waals surface area contributed by atoms with Crippen molar-refractivity contribution in [3.8, 4) is 17.0 Å². The Kier molecular flexibility index (Phi) is 9.64. The van der Waals surface area contributed by atoms with Gasteiger partial charge in [0.05, 0.1) is 26.9 Å². The molecule has 0 radical (unpaired) electrons. The first-order valence-electron chi connectivity index (χ1n) is 12.2. The van der Waals surface area contributed by atoms with Gasteiger partial charge in [0, 0.05) is 37.9 Å². The Morgan fingerprint density at radius 2 is 1.84 bits per heavy atom. The molecule has 2 aromatic carbocycles. The summed E-state index contributed by atoms with van der Waals surface area (Å²) in [6.07, 6.45) is 4.63. The van der Waals surface area contributed by atoms with Gasteiger partial charge in [-0.1, -0.05) is 92.4 Å². The predicted octanol–water partition coefficient (Wildman–Crippen LogP) is 6.96. The summed E-state index contributed by atoms with van der Waals surface area (Å²) in [7, 11) is -1.71. The Morgan fingerprint density at radius 1 is 1.16 bits per heavy atom. The molecule has 38 heavy (non-hydrogen) atoms. The predicted molar refractivity (Wildman–Crippen MR) is 164 cm³/mol. The van der Waals surface area contributed by atoms with Gasteiger partial charge in [-0.15, -0.1) is 0 Å². The molecule has 8 heteroatoms. The largest absolute Gasteiger partial charge is 0.480 e. The van der Waals surface area contributed by atoms with Crippen molar-refractivity contribution in [2.24, 2.45) is 17.6 Å². The maximum absolute atomic E-state index is 14.1. The van der Waals surface area contributed by atoms with Crippen LogP contribution in [0.1, 0.15) is 34.1 Å². The molecule has 3 atom stereocenters. The molecule has 3 unspecified atom stereocenters. The molecule has 0 aliphatic rings. The summed E-state index contributed by atoms with van der Waals surface area (Å²) in [6, 6.07) is 10.9. The SMILES string of the molecule is C=C(N)C(C)/C(C)=c1/ccc(-c2c(Cl)ccc(S(=C)(=O)c3cc(Cl)cnc3OC)c2Cl)c/c1=C/C(C)CC. The van der Waals surface area contributed by atoms with Gasteiger partial charge < -0.3 is 10.5 Å². The van der Waals surface area contributed by atoms with E-state index in [4.69, 9.17) is 45.3 Å². The zero-order valence-corrected chi connectivity index (χ0v) is 25.4. The lowest BCUT2D eigenvalue weighted by molar-refractivity contribution is 0.386. The Morgan fingerprint density at radius 3 is 2.45 bits per heavy atom. The van der Waals surface area contributed by atoms with Crippen LogP contribution in [-0.4, -0.2) is 22.2 Å². The third kappa shape index (κ3) is 6.07. The summed E-state index contributed by atoms with van der Waals surface area (Å²) in [4.78, 5) is 4.72. The number of ether oxygens (including phenoxy) is 1. The van der Waals surface area contributed by atoms with Gasteiger partial charge >= 0.3 is 0 Å². The van der Waals surface area contributed by atoms with Crippen molar-refractivity contribution in [1.82, 2.24) is 4.98 Å². The van der Waals surface area contributed by atoms with Gasteiger partial charge in [-0.2, -0.15) is 0 Å². The zero-order chi connectivity index (χ0) is 28.4. The number of nitrogens with zero attached hydrogens (tertiary/aromatic N) is 1. The highest BCUT2D eigenvalue weighted by Crippen LogP contribution is 2.41. The van der Waals surface area contributed by atoms with Crippen molar-refractivity contribution < 1.29 is 8.95 Å². The number of rotatable bonds is 8. The lowest BCUT2D eigenvalue weighted by atomic mass is 9.94. The molecule has 0 saturated heterocycles. The summed E-state index contributed by atoms with van der Waals surface area (Å²) in [6.45, 7) is 12.4. The second-order valence-electron chi connectivity index (χ2n) is 9.40. The number of pyridine rings is 1. The lowest BCUT2D eigenvalue weighted by Gasteiger charge is -2.18. The van der Waals surface area contributed by atoms with Crippen LogP contribution in [0.4, 0.5) is 0 Å². The second-order valence-corrected chi connectivity index (χ2v) is 12.9. The highest BCUT2D eigenvalue weighted by atomic mass is 35.5. The van der Waals surface area contributed by atoms with Gasteiger partial charge in [0.25, 0.3) is 0 Å². The molecule has 0 fully saturated rings. The number of aromatic nitrogens is 1. The molecule has 1 aromatic heterocycles. The summed E-state index contributed by atoms with van der Waals surface area (Å²) in [5.74, 6) is 4.54. The Balaban J connectivity index is 2.34. The standard InChI is InChI=1S/C30H33Cl3N2O2S/c1-8-17(2)13-22-14-21(9-10-24(22)19(4)18(3)20(5)34)28-25(32)11-12-26(29(28)33)38(7,36)27-15-23(31)16-35-30(27)37-6/h9-18H,5,7-8,34H2,1-4,6H3/b22-13-,24-19-. The molecule has 0 bridgehead atoms. The van der Waals surface area contributed by atoms with Gasteiger partial charge in [-0.25, -0.2) is 4.98 Å². The summed E-state index contributed by atoms with van der Waals surface area (Å²) < 4.78 is 19.5. The first-order valence-corrected chi connectivity index (χ1v) is 15.0. The van der Waals surface area contributed by atoms with Crippen molar-refractivity contribution in [2.45, 2.75) is 43.9 Å². The van der Waals surface area contributed by atoms with E-state index in [1.807, 2.05) is 19.1 Å². The zero-order valence-electron chi connectivity index (χ0n) is 22.3. The van der Waals surface area contributed by atoms with Crippen LogP contribution < -0.4 is 20.9 Å². The van der Waals surface area contributed by atoms with Crippen LogP contribution in [0.5, 0.6) is 5.88 Å². The highest BCUT2D eigenvalue weighted by molar-refractivity contribution is 8.00. The van der Waals surface area contributed by atoms with Crippen LogP contribution in [0, 0.1) is 11.8 Å². The summed E-state index contributed by atoms with van der Waals surface area (Å²) in [5, 5.41) is 3.09. The average Bonchev–Trinajstić information content (AvgIpc) is 2.87. The number of methoxy groups -OCH3 is 1. The van der Waals surface area contributed by atoms with E-state index in [-0.39, 0.29) is 21.7 Å². The molecular weight excluding hydrogens is 559 g/mol. The van der Waals surface area contributed by atoms with Crippen molar-refractivity contribution in [3.05, 3.63) is 80.4 Å². The van der Waals surface area contributed by atoms with Crippen LogP contribution in [0.25, 0.3) is 22.8 Å². The first-order chi connectivity index (χ1) is 17.8. The molecule has 0 spiro atoms. The summed E-state index contributed by atoms with van der Waals surface area (Å²) >= 11 is 19.8. The lowest BCUT2D eigenvalue weighted by Crippen LogP contribution is -2.30. The van der Waals surface area contributed by atoms with Crippen molar-refractivity contribution in [1.29, 1.82) is 0 Å². The third-order valence-electron chi connectivity index (χ3n) is 6.82. The van der Waals surface area contributed by atoms with E-state index < -0.39 is 9.52 Å². The molecule has 202 valence electrons. The number of hydrogen-bond donors (Lipinski definition) is 1. The van der Waals surface area contributed by atoms with Crippen LogP contribution in [-0.2, 0) is 9.52 Å². The van der Waals surface area contributed by atoms with Crippen LogP contribution in [0.2, 0.25) is 15.1 Å². The van der Waals surface area contributed by atoms with Crippen LogP contribution in [0.3, 0.4) is 0 Å². The minimum Gasteiger partial charge on any atom is -0.480 e. The van der Waals surface area contributed by atoms with E-state index in [1.54, 1.807) is 12.1 Å². The van der Waals surface area contributed by atoms with E-state index in [9.17, 15) is 4.21 Å². The maximum Gasteiger partial charge on any atom is 0.229 e. The Labute approximate surface area is 240 Å². The van der Waals surface area contributed by atoms with E-state index in [1.165, 1.54) is 19.4 Å². The molecule has 3 rings (SSSR count). The van der Waals surface area contributed by atoms with Crippen molar-refractivity contribution in [2.75, 3.05) is 7.11 Å². The minimum atomic E-state index is -3.16. The molecule has 0 amide bonds. The molecule has 4 nitrogen and oxygen atoms in total. The maximum atomic E-state index is 14.1. The molecule has 3 aromatic rings. The van der Waals surface area contributed by atoms with Gasteiger partial charge in [0.1, 0.15) is 0 Å². The summed E-state index contributed by atoms with van der Waals surface area (Å²) in [5.41, 5.74) is 9.11. The van der Waals surface area contributed by atoms with Crippen molar-refractivity contribution in [3.63, 3.8) is 0 Å². The van der Waals surface area contributed by atoms with Crippen LogP contribution in [0.15, 0.2) is 64.7 Å². The third-order valence-corrected chi connectivity index (χ3v) is 9.90. The topological polar surface area (TPSA) is 65.2 Å². The van der Waals surface area contributed by atoms with E-state index in [0.29, 0.717) is 32.1 Å². The smallest absolute Gasteiger partial charge is 0.229 e. The van der Waals surface area contributed by atoms with Crippen LogP contribution >= 0.6 is 34.8 Å². The van der Waals surface area contributed by atoms with Gasteiger partial charge in [0.2, 0.25) is 5.88 Å². The fraction of sp³-hybridized carbons (Fsp3) is 0.267. The van der Waals surface area contributed by atoms with Crippen molar-refractivity contribution >= 4 is 61.8 Å². The monoisotopic (exact) mass is 590 g/mol. The number of hydrogen-bond acceptors (Lipinski definition) is 4.